The second-order valence-corrected chi connectivity index (χ2v) is 10.2. The molecule has 2 aromatic rings. The van der Waals surface area contributed by atoms with E-state index in [1.807, 2.05) is 24.3 Å². The van der Waals surface area contributed by atoms with Gasteiger partial charge in [-0.05, 0) is 48.4 Å². The zero-order valence-corrected chi connectivity index (χ0v) is 19.7. The number of aromatic nitrogens is 1. The van der Waals surface area contributed by atoms with Gasteiger partial charge in [0.15, 0.2) is 0 Å². The molecule has 32 heavy (non-hydrogen) atoms. The predicted molar refractivity (Wildman–Crippen MR) is 127 cm³/mol. The molecule has 2 heterocycles. The van der Waals surface area contributed by atoms with Crippen molar-refractivity contribution in [3.63, 3.8) is 0 Å². The number of hydrogen-bond acceptors (Lipinski definition) is 6. The molecule has 1 aromatic heterocycles. The molecule has 0 bridgehead atoms. The monoisotopic (exact) mass is 498 g/mol. The molecule has 172 valence electrons. The van der Waals surface area contributed by atoms with Crippen LogP contribution in [0.4, 0.5) is 0 Å². The molecule has 1 aromatic carbocycles. The van der Waals surface area contributed by atoms with Gasteiger partial charge >= 0.3 is 5.97 Å². The minimum Gasteiger partial charge on any atom is -0.460 e. The third kappa shape index (κ3) is 6.80. The molecule has 2 unspecified atom stereocenters. The smallest absolute Gasteiger partial charge is 0.325 e. The lowest BCUT2D eigenvalue weighted by Gasteiger charge is -2.33. The fourth-order valence-electron chi connectivity index (χ4n) is 3.49. The minimum absolute atomic E-state index is 0.141. The number of nitrogens with zero attached hydrogens (tertiary/aromatic N) is 2. The van der Waals surface area contributed by atoms with Gasteiger partial charge in [-0.2, -0.15) is 0 Å². The van der Waals surface area contributed by atoms with Crippen LogP contribution in [0.1, 0.15) is 43.0 Å². The first kappa shape index (κ1) is 24.7. The Morgan fingerprint density at radius 2 is 2.12 bits per heavy atom. The van der Waals surface area contributed by atoms with Gasteiger partial charge in [0.2, 0.25) is 9.70 Å². The SMILES string of the molecule is C=Cc1cc2cc(C(N)CCC(=O)N3CCCC(C(=O)OCC(Cl)(Cl)Cl)N3)ccc2cn1. The van der Waals surface area contributed by atoms with Crippen molar-refractivity contribution in [1.29, 1.82) is 0 Å². The van der Waals surface area contributed by atoms with E-state index in [0.717, 1.165) is 22.0 Å². The molecule has 7 nitrogen and oxygen atoms in total. The predicted octanol–water partition coefficient (Wildman–Crippen LogP) is 4.07. The molecule has 1 aliphatic heterocycles. The largest absolute Gasteiger partial charge is 0.460 e. The molecule has 1 saturated heterocycles. The molecule has 0 saturated carbocycles. The number of fused-ring (bicyclic) bond motifs is 1. The summed E-state index contributed by atoms with van der Waals surface area (Å²) >= 11 is 16.8. The fraction of sp³-hybridized carbons (Fsp3) is 0.409. The summed E-state index contributed by atoms with van der Waals surface area (Å²) in [5, 5.41) is 3.47. The summed E-state index contributed by atoms with van der Waals surface area (Å²) in [7, 11) is 0. The van der Waals surface area contributed by atoms with Crippen LogP contribution in [0.3, 0.4) is 0 Å². The first-order valence-corrected chi connectivity index (χ1v) is 11.4. The van der Waals surface area contributed by atoms with Gasteiger partial charge in [0, 0.05) is 30.6 Å². The Bertz CT molecular complexity index is 996. The number of nitrogens with two attached hydrogens (primary N) is 1. The standard InChI is InChI=1S/C22H25Cl3N4O3/c1-2-17-11-16-10-14(5-6-15(16)12-27-17)18(26)7-8-20(30)29-9-3-4-19(28-29)21(31)32-13-22(23,24)25/h2,5-6,10-12,18-19,28H,1,3-4,7-9,13,26H2. The third-order valence-electron chi connectivity index (χ3n) is 5.22. The Hall–Kier alpha value is -1.90. The highest BCUT2D eigenvalue weighted by atomic mass is 35.6. The van der Waals surface area contributed by atoms with Crippen LogP contribution < -0.4 is 11.2 Å². The zero-order valence-electron chi connectivity index (χ0n) is 17.4. The van der Waals surface area contributed by atoms with E-state index in [1.165, 1.54) is 5.01 Å². The van der Waals surface area contributed by atoms with Gasteiger partial charge in [-0.15, -0.1) is 0 Å². The van der Waals surface area contributed by atoms with Gasteiger partial charge < -0.3 is 10.5 Å². The summed E-state index contributed by atoms with van der Waals surface area (Å²) in [4.78, 5) is 29.2. The maximum Gasteiger partial charge on any atom is 0.325 e. The Morgan fingerprint density at radius 1 is 1.34 bits per heavy atom. The van der Waals surface area contributed by atoms with Crippen molar-refractivity contribution in [2.24, 2.45) is 5.73 Å². The first-order chi connectivity index (χ1) is 15.2. The maximum absolute atomic E-state index is 12.7. The summed E-state index contributed by atoms with van der Waals surface area (Å²) < 4.78 is 3.34. The second kappa shape index (κ2) is 10.8. The Kier molecular flexibility index (Phi) is 8.36. The van der Waals surface area contributed by atoms with Crippen LogP contribution in [0.5, 0.6) is 0 Å². The van der Waals surface area contributed by atoms with Crippen molar-refractivity contribution < 1.29 is 14.3 Å². The summed E-state index contributed by atoms with van der Waals surface area (Å²) in [6, 6.07) is 6.90. The molecule has 0 spiro atoms. The Labute approximate surface area is 201 Å². The number of carbonyl (C=O) groups is 2. The molecule has 1 fully saturated rings. The lowest BCUT2D eigenvalue weighted by Crippen LogP contribution is -2.55. The first-order valence-electron chi connectivity index (χ1n) is 10.2. The topological polar surface area (TPSA) is 97.6 Å². The highest BCUT2D eigenvalue weighted by Gasteiger charge is 2.31. The molecule has 3 N–H and O–H groups in total. The van der Waals surface area contributed by atoms with E-state index >= 15 is 0 Å². The van der Waals surface area contributed by atoms with Crippen molar-refractivity contribution in [1.82, 2.24) is 15.4 Å². The summed E-state index contributed by atoms with van der Waals surface area (Å²) in [6.45, 7) is 3.89. The van der Waals surface area contributed by atoms with E-state index in [9.17, 15) is 9.59 Å². The third-order valence-corrected chi connectivity index (χ3v) is 5.55. The van der Waals surface area contributed by atoms with Crippen molar-refractivity contribution >= 4 is 63.5 Å². The quantitative estimate of drug-likeness (QED) is 0.440. The molecule has 10 heteroatoms. The van der Waals surface area contributed by atoms with E-state index in [4.69, 9.17) is 45.3 Å². The van der Waals surface area contributed by atoms with Crippen molar-refractivity contribution in [2.45, 2.75) is 41.6 Å². The molecule has 0 aliphatic carbocycles. The highest BCUT2D eigenvalue weighted by Crippen LogP contribution is 2.26. The summed E-state index contributed by atoms with van der Waals surface area (Å²) in [5.41, 5.74) is 11.0. The number of carbonyl (C=O) groups excluding carboxylic acids is 2. The lowest BCUT2D eigenvalue weighted by atomic mass is 9.99. The van der Waals surface area contributed by atoms with Gasteiger partial charge in [0.05, 0.1) is 5.69 Å². The number of alkyl halides is 3. The maximum atomic E-state index is 12.7. The van der Waals surface area contributed by atoms with Gasteiger partial charge in [0.25, 0.3) is 0 Å². The van der Waals surface area contributed by atoms with Gasteiger partial charge in [-0.25, -0.2) is 5.43 Å². The number of rotatable bonds is 7. The van der Waals surface area contributed by atoms with Gasteiger partial charge in [-0.1, -0.05) is 53.5 Å². The average molecular weight is 500 g/mol. The molecule has 3 rings (SSSR count). The number of ether oxygens (including phenoxy) is 1. The number of halogens is 3. The summed E-state index contributed by atoms with van der Waals surface area (Å²) in [6.07, 6.45) is 5.36. The van der Waals surface area contributed by atoms with Crippen molar-refractivity contribution in [2.75, 3.05) is 13.2 Å². The molecular weight excluding hydrogens is 475 g/mol. The molecule has 1 aliphatic rings. The number of nitrogens with one attached hydrogen (secondary N) is 1. The van der Waals surface area contributed by atoms with Gasteiger partial charge in [-0.3, -0.25) is 19.6 Å². The van der Waals surface area contributed by atoms with E-state index in [-0.39, 0.29) is 25.0 Å². The number of esters is 1. The van der Waals surface area contributed by atoms with Crippen molar-refractivity contribution in [3.8, 4) is 0 Å². The number of pyridine rings is 1. The number of hydrazine groups is 1. The van der Waals surface area contributed by atoms with Crippen LogP contribution >= 0.6 is 34.8 Å². The summed E-state index contributed by atoms with van der Waals surface area (Å²) in [5.74, 6) is -0.701. The number of benzene rings is 1. The van der Waals surface area contributed by atoms with Crippen LogP contribution in [-0.4, -0.2) is 44.9 Å². The molecule has 0 radical (unpaired) electrons. The number of hydrogen-bond donors (Lipinski definition) is 2. The Balaban J connectivity index is 1.54. The zero-order chi connectivity index (χ0) is 23.3. The van der Waals surface area contributed by atoms with Crippen LogP contribution in [0.2, 0.25) is 0 Å². The molecule has 2 atom stereocenters. The average Bonchev–Trinajstić information content (AvgIpc) is 2.79. The molecule has 1 amide bonds. The lowest BCUT2D eigenvalue weighted by molar-refractivity contribution is -0.151. The highest BCUT2D eigenvalue weighted by molar-refractivity contribution is 6.67. The normalized spacial score (nSPS) is 17.8. The Morgan fingerprint density at radius 3 is 2.84 bits per heavy atom. The fourth-order valence-corrected chi connectivity index (χ4v) is 3.65. The van der Waals surface area contributed by atoms with E-state index < -0.39 is 15.8 Å². The minimum atomic E-state index is -1.68. The van der Waals surface area contributed by atoms with Crippen LogP contribution in [0.25, 0.3) is 16.8 Å². The van der Waals surface area contributed by atoms with Crippen LogP contribution in [-0.2, 0) is 14.3 Å². The van der Waals surface area contributed by atoms with E-state index in [2.05, 4.69) is 17.0 Å². The van der Waals surface area contributed by atoms with Crippen LogP contribution in [0, 0.1) is 0 Å². The van der Waals surface area contributed by atoms with E-state index in [0.29, 0.717) is 25.8 Å². The van der Waals surface area contributed by atoms with Gasteiger partial charge in [0.1, 0.15) is 12.6 Å². The number of amides is 1. The van der Waals surface area contributed by atoms with Crippen LogP contribution in [0.15, 0.2) is 37.0 Å². The van der Waals surface area contributed by atoms with E-state index in [1.54, 1.807) is 12.3 Å². The second-order valence-electron chi connectivity index (χ2n) is 7.66. The molecular formula is C22H25Cl3N4O3. The van der Waals surface area contributed by atoms with Crippen molar-refractivity contribution in [3.05, 3.63) is 48.3 Å².